The first kappa shape index (κ1) is 18.5. The number of benzene rings is 2. The van der Waals surface area contributed by atoms with Crippen LogP contribution in [0, 0.1) is 0 Å². The molecule has 0 bridgehead atoms. The van der Waals surface area contributed by atoms with Crippen molar-refractivity contribution in [1.29, 1.82) is 0 Å². The zero-order valence-corrected chi connectivity index (χ0v) is 15.7. The van der Waals surface area contributed by atoms with Crippen LogP contribution in [0.4, 0.5) is 0 Å². The van der Waals surface area contributed by atoms with E-state index >= 15 is 0 Å². The quantitative estimate of drug-likeness (QED) is 0.637. The predicted molar refractivity (Wildman–Crippen MR) is 103 cm³/mol. The van der Waals surface area contributed by atoms with Gasteiger partial charge in [0.25, 0.3) is 5.91 Å². The molecule has 0 aliphatic rings. The summed E-state index contributed by atoms with van der Waals surface area (Å²) in [6.07, 6.45) is 2.17. The van der Waals surface area contributed by atoms with Gasteiger partial charge in [-0.1, -0.05) is 29.3 Å². The maximum Gasteiger partial charge on any atom is 0.255 e. The lowest BCUT2D eigenvalue weighted by atomic mass is 10.00. The summed E-state index contributed by atoms with van der Waals surface area (Å²) in [5.41, 5.74) is 8.26. The SMILES string of the molecule is NC(=O)COc1cc(Cl)c(Cc2ccc(O)c(-c3cnsc3)c2)c(Cl)c1. The molecule has 0 atom stereocenters. The van der Waals surface area contributed by atoms with Gasteiger partial charge in [0.05, 0.1) is 0 Å². The van der Waals surface area contributed by atoms with Crippen LogP contribution in [0.5, 0.6) is 11.5 Å². The van der Waals surface area contributed by atoms with Crippen molar-refractivity contribution in [3.8, 4) is 22.6 Å². The highest BCUT2D eigenvalue weighted by atomic mass is 35.5. The molecule has 134 valence electrons. The van der Waals surface area contributed by atoms with E-state index in [1.165, 1.54) is 11.5 Å². The van der Waals surface area contributed by atoms with Crippen LogP contribution in [0.3, 0.4) is 0 Å². The zero-order valence-electron chi connectivity index (χ0n) is 13.4. The third-order valence-corrected chi connectivity index (χ3v) is 4.94. The minimum Gasteiger partial charge on any atom is -0.507 e. The molecule has 1 amide bonds. The molecule has 3 N–H and O–H groups in total. The minimum absolute atomic E-state index is 0.182. The summed E-state index contributed by atoms with van der Waals surface area (Å²) in [6.45, 7) is -0.248. The van der Waals surface area contributed by atoms with Crippen molar-refractivity contribution in [2.75, 3.05) is 6.61 Å². The van der Waals surface area contributed by atoms with Gasteiger partial charge >= 0.3 is 0 Å². The van der Waals surface area contributed by atoms with Gasteiger partial charge in [-0.25, -0.2) is 4.37 Å². The molecule has 1 aromatic heterocycles. The van der Waals surface area contributed by atoms with E-state index in [9.17, 15) is 9.90 Å². The first-order valence-electron chi connectivity index (χ1n) is 7.54. The molecule has 26 heavy (non-hydrogen) atoms. The smallest absolute Gasteiger partial charge is 0.255 e. The summed E-state index contributed by atoms with van der Waals surface area (Å²) in [6, 6.07) is 8.51. The topological polar surface area (TPSA) is 85.4 Å². The van der Waals surface area contributed by atoms with Crippen LogP contribution in [0.15, 0.2) is 41.9 Å². The second-order valence-corrected chi connectivity index (χ2v) is 7.03. The molecule has 0 spiro atoms. The van der Waals surface area contributed by atoms with Gasteiger partial charge in [0.1, 0.15) is 11.5 Å². The Morgan fingerprint density at radius 2 is 1.96 bits per heavy atom. The van der Waals surface area contributed by atoms with Gasteiger partial charge in [-0.2, -0.15) is 0 Å². The number of nitrogens with zero attached hydrogens (tertiary/aromatic N) is 1. The van der Waals surface area contributed by atoms with Crippen molar-refractivity contribution < 1.29 is 14.6 Å². The summed E-state index contributed by atoms with van der Waals surface area (Å²) in [5.74, 6) is -0.0273. The monoisotopic (exact) mass is 408 g/mol. The minimum atomic E-state index is -0.583. The van der Waals surface area contributed by atoms with Crippen molar-refractivity contribution >= 4 is 40.6 Å². The predicted octanol–water partition coefficient (Wildman–Crippen LogP) is 4.28. The average Bonchev–Trinajstić information content (AvgIpc) is 3.12. The number of primary amides is 1. The van der Waals surface area contributed by atoms with Gasteiger partial charge in [0.15, 0.2) is 6.61 Å². The number of aromatic hydroxyl groups is 1. The van der Waals surface area contributed by atoms with Crippen LogP contribution in [0.25, 0.3) is 11.1 Å². The van der Waals surface area contributed by atoms with Crippen molar-refractivity contribution in [3.63, 3.8) is 0 Å². The Morgan fingerprint density at radius 1 is 1.23 bits per heavy atom. The number of nitrogens with two attached hydrogens (primary N) is 1. The van der Waals surface area contributed by atoms with Crippen LogP contribution in [-0.4, -0.2) is 22.0 Å². The van der Waals surface area contributed by atoms with Crippen LogP contribution in [0.1, 0.15) is 11.1 Å². The third-order valence-electron chi connectivity index (χ3n) is 3.68. The molecule has 3 aromatic rings. The third kappa shape index (κ3) is 4.27. The van der Waals surface area contributed by atoms with E-state index in [0.29, 0.717) is 27.8 Å². The number of carbonyl (C=O) groups excluding carboxylic acids is 1. The van der Waals surface area contributed by atoms with Gasteiger partial charge in [-0.3, -0.25) is 4.79 Å². The summed E-state index contributed by atoms with van der Waals surface area (Å²) < 4.78 is 9.30. The lowest BCUT2D eigenvalue weighted by Crippen LogP contribution is -2.20. The van der Waals surface area contributed by atoms with E-state index in [1.54, 1.807) is 24.4 Å². The fourth-order valence-electron chi connectivity index (χ4n) is 2.45. The Bertz CT molecular complexity index is 923. The van der Waals surface area contributed by atoms with Crippen LogP contribution < -0.4 is 10.5 Å². The molecule has 8 heteroatoms. The number of ether oxygens (including phenoxy) is 1. The second-order valence-electron chi connectivity index (χ2n) is 5.56. The Kier molecular flexibility index (Phi) is 5.66. The number of carbonyl (C=O) groups is 1. The fraction of sp³-hybridized carbons (Fsp3) is 0.111. The molecule has 3 rings (SSSR count). The summed E-state index contributed by atoms with van der Waals surface area (Å²) >= 11 is 14.0. The lowest BCUT2D eigenvalue weighted by molar-refractivity contribution is -0.119. The second kappa shape index (κ2) is 7.95. The van der Waals surface area contributed by atoms with Crippen LogP contribution in [0.2, 0.25) is 10.0 Å². The highest BCUT2D eigenvalue weighted by Gasteiger charge is 2.13. The van der Waals surface area contributed by atoms with E-state index < -0.39 is 5.91 Å². The molecule has 0 saturated carbocycles. The molecule has 1 heterocycles. The fourth-order valence-corrected chi connectivity index (χ4v) is 3.59. The summed E-state index contributed by atoms with van der Waals surface area (Å²) in [5, 5.41) is 12.8. The van der Waals surface area contributed by atoms with E-state index in [4.69, 9.17) is 33.7 Å². The van der Waals surface area contributed by atoms with Gasteiger partial charge in [0.2, 0.25) is 0 Å². The number of aromatic nitrogens is 1. The van der Waals surface area contributed by atoms with Gasteiger partial charge in [0, 0.05) is 39.2 Å². The Labute approximate surface area is 164 Å². The van der Waals surface area contributed by atoms with E-state index in [0.717, 1.165) is 16.7 Å². The molecule has 0 fully saturated rings. The Balaban J connectivity index is 1.87. The highest BCUT2D eigenvalue weighted by molar-refractivity contribution is 7.03. The number of rotatable bonds is 6. The molecule has 0 aliphatic carbocycles. The van der Waals surface area contributed by atoms with Crippen molar-refractivity contribution in [3.05, 3.63) is 63.1 Å². The molecule has 5 nitrogen and oxygen atoms in total. The molecule has 0 unspecified atom stereocenters. The normalized spacial score (nSPS) is 10.7. The number of hydrogen-bond donors (Lipinski definition) is 2. The maximum atomic E-state index is 10.8. The number of phenolic OH excluding ortho intramolecular Hbond substituents is 1. The summed E-state index contributed by atoms with van der Waals surface area (Å²) in [4.78, 5) is 10.8. The van der Waals surface area contributed by atoms with Crippen LogP contribution in [-0.2, 0) is 11.2 Å². The molecule has 0 aliphatic heterocycles. The molecule has 0 radical (unpaired) electrons. The average molecular weight is 409 g/mol. The van der Waals surface area contributed by atoms with Gasteiger partial charge in [-0.15, -0.1) is 0 Å². The number of phenols is 1. The maximum absolute atomic E-state index is 10.8. The Morgan fingerprint density at radius 3 is 2.58 bits per heavy atom. The van der Waals surface area contributed by atoms with E-state index in [1.807, 2.05) is 17.5 Å². The zero-order chi connectivity index (χ0) is 18.7. The number of halogens is 2. The standard InChI is InChI=1S/C18H14Cl2N2O3S/c19-15-5-12(25-8-18(21)24)6-16(20)14(15)4-10-1-2-17(23)13(3-10)11-7-22-26-9-11/h1-3,5-7,9,23H,4,8H2,(H2,21,24). The summed E-state index contributed by atoms with van der Waals surface area (Å²) in [7, 11) is 0. The highest BCUT2D eigenvalue weighted by Crippen LogP contribution is 2.35. The first-order chi connectivity index (χ1) is 12.4. The van der Waals surface area contributed by atoms with Gasteiger partial charge < -0.3 is 15.6 Å². The molecular weight excluding hydrogens is 395 g/mol. The van der Waals surface area contributed by atoms with Gasteiger partial charge in [-0.05, 0) is 46.9 Å². The largest absolute Gasteiger partial charge is 0.507 e. The molecule has 2 aromatic carbocycles. The first-order valence-corrected chi connectivity index (χ1v) is 9.14. The van der Waals surface area contributed by atoms with E-state index in [-0.39, 0.29) is 12.4 Å². The number of hydrogen-bond acceptors (Lipinski definition) is 5. The van der Waals surface area contributed by atoms with E-state index in [2.05, 4.69) is 4.37 Å². The van der Waals surface area contributed by atoms with Crippen molar-refractivity contribution in [2.45, 2.75) is 6.42 Å². The lowest BCUT2D eigenvalue weighted by Gasteiger charge is -2.12. The van der Waals surface area contributed by atoms with Crippen molar-refractivity contribution in [1.82, 2.24) is 4.37 Å². The molecule has 0 saturated heterocycles. The van der Waals surface area contributed by atoms with Crippen LogP contribution >= 0.6 is 34.7 Å². The van der Waals surface area contributed by atoms with Crippen molar-refractivity contribution in [2.24, 2.45) is 5.73 Å². The Hall–Kier alpha value is -2.28. The molecular formula is C18H14Cl2N2O3S. The number of amides is 1.